The summed E-state index contributed by atoms with van der Waals surface area (Å²) in [4.78, 5) is 11.5. The number of phenolic OH excluding ortho intramolecular Hbond substituents is 1. The first-order chi connectivity index (χ1) is 8.31. The van der Waals surface area contributed by atoms with Crippen molar-refractivity contribution in [2.24, 2.45) is 0 Å². The van der Waals surface area contributed by atoms with E-state index < -0.39 is 33.1 Å². The van der Waals surface area contributed by atoms with Crippen LogP contribution in [0, 0.1) is 5.82 Å². The molecule has 1 rings (SSSR count). The molecule has 0 aliphatic carbocycles. The fraction of sp³-hybridized carbons (Fsp3) is 0.300. The van der Waals surface area contributed by atoms with E-state index in [1.54, 1.807) is 0 Å². The van der Waals surface area contributed by atoms with Gasteiger partial charge in [-0.25, -0.2) is 17.5 Å². The van der Waals surface area contributed by atoms with E-state index in [-0.39, 0.29) is 13.1 Å². The van der Waals surface area contributed by atoms with Crippen molar-refractivity contribution >= 4 is 15.9 Å². The van der Waals surface area contributed by atoms with Crippen LogP contribution in [0.4, 0.5) is 4.39 Å². The molecule has 0 atom stereocenters. The molecule has 3 N–H and O–H groups in total. The Labute approximate surface area is 104 Å². The molecule has 1 aromatic carbocycles. The van der Waals surface area contributed by atoms with Crippen molar-refractivity contribution in [2.75, 3.05) is 19.3 Å². The number of aromatic hydroxyl groups is 1. The van der Waals surface area contributed by atoms with Gasteiger partial charge in [-0.15, -0.1) is 0 Å². The number of carbonyl (C=O) groups is 1. The third-order valence-corrected chi connectivity index (χ3v) is 2.72. The lowest BCUT2D eigenvalue weighted by Gasteiger charge is -2.07. The lowest BCUT2D eigenvalue weighted by Crippen LogP contribution is -2.34. The topological polar surface area (TPSA) is 95.5 Å². The lowest BCUT2D eigenvalue weighted by molar-refractivity contribution is 0.0947. The summed E-state index contributed by atoms with van der Waals surface area (Å²) < 4.78 is 36.9. The molecule has 1 aromatic rings. The van der Waals surface area contributed by atoms with Crippen LogP contribution in [-0.4, -0.2) is 38.8 Å². The number of hydrogen-bond acceptors (Lipinski definition) is 4. The van der Waals surface area contributed by atoms with Crippen molar-refractivity contribution in [3.05, 3.63) is 29.6 Å². The Morgan fingerprint density at radius 1 is 1.39 bits per heavy atom. The first-order valence-electron chi connectivity index (χ1n) is 5.01. The highest BCUT2D eigenvalue weighted by atomic mass is 32.2. The number of hydrogen-bond donors (Lipinski definition) is 3. The zero-order chi connectivity index (χ0) is 13.8. The molecule has 0 fully saturated rings. The predicted octanol–water partition coefficient (Wildman–Crippen LogP) is -0.190. The minimum atomic E-state index is -3.33. The van der Waals surface area contributed by atoms with E-state index in [9.17, 15) is 22.7 Å². The Morgan fingerprint density at radius 3 is 2.61 bits per heavy atom. The fourth-order valence-corrected chi connectivity index (χ4v) is 1.71. The van der Waals surface area contributed by atoms with E-state index >= 15 is 0 Å². The van der Waals surface area contributed by atoms with Gasteiger partial charge in [0.15, 0.2) is 0 Å². The van der Waals surface area contributed by atoms with E-state index in [1.165, 1.54) is 12.1 Å². The largest absolute Gasteiger partial charge is 0.507 e. The Hall–Kier alpha value is -1.67. The van der Waals surface area contributed by atoms with Gasteiger partial charge in [0.25, 0.3) is 5.91 Å². The summed E-state index contributed by atoms with van der Waals surface area (Å²) in [6.45, 7) is -0.0283. The Morgan fingerprint density at radius 2 is 2.06 bits per heavy atom. The van der Waals surface area contributed by atoms with Crippen LogP contribution in [0.25, 0.3) is 0 Å². The summed E-state index contributed by atoms with van der Waals surface area (Å²) in [5.41, 5.74) is -0.461. The summed E-state index contributed by atoms with van der Waals surface area (Å²) in [5.74, 6) is -2.12. The molecule has 0 spiro atoms. The number of amides is 1. The second kappa shape index (κ2) is 5.78. The molecule has 0 aliphatic rings. The van der Waals surface area contributed by atoms with Crippen molar-refractivity contribution in [1.82, 2.24) is 10.0 Å². The van der Waals surface area contributed by atoms with Gasteiger partial charge in [0.2, 0.25) is 10.0 Å². The molecule has 0 radical (unpaired) electrons. The fourth-order valence-electron chi connectivity index (χ4n) is 1.24. The number of phenols is 1. The molecule has 0 bridgehead atoms. The standard InChI is InChI=1S/C10H13FN2O4S/c1-18(16,17)13-6-5-12-10(15)9-7(11)3-2-4-8(9)14/h2-4,13-14H,5-6H2,1H3,(H,12,15). The molecular weight excluding hydrogens is 263 g/mol. The van der Waals surface area contributed by atoms with Gasteiger partial charge >= 0.3 is 0 Å². The molecule has 1 amide bonds. The maximum absolute atomic E-state index is 13.3. The maximum atomic E-state index is 13.3. The Kier molecular flexibility index (Phi) is 4.62. The van der Waals surface area contributed by atoms with Gasteiger partial charge in [0.05, 0.1) is 6.26 Å². The average Bonchev–Trinajstić information content (AvgIpc) is 2.23. The van der Waals surface area contributed by atoms with E-state index in [0.29, 0.717) is 0 Å². The molecule has 0 aliphatic heterocycles. The molecule has 0 saturated heterocycles. The number of sulfonamides is 1. The molecule has 6 nitrogen and oxygen atoms in total. The van der Waals surface area contributed by atoms with Crippen LogP contribution < -0.4 is 10.0 Å². The van der Waals surface area contributed by atoms with Crippen molar-refractivity contribution < 1.29 is 22.7 Å². The molecule has 0 saturated carbocycles. The van der Waals surface area contributed by atoms with E-state index in [1.807, 2.05) is 0 Å². The highest BCUT2D eigenvalue weighted by molar-refractivity contribution is 7.88. The zero-order valence-electron chi connectivity index (χ0n) is 9.60. The van der Waals surface area contributed by atoms with Crippen LogP contribution in [0.3, 0.4) is 0 Å². The van der Waals surface area contributed by atoms with Gasteiger partial charge in [-0.05, 0) is 12.1 Å². The van der Waals surface area contributed by atoms with Crippen molar-refractivity contribution in [3.63, 3.8) is 0 Å². The molecule has 0 unspecified atom stereocenters. The van der Waals surface area contributed by atoms with E-state index in [4.69, 9.17) is 0 Å². The third-order valence-electron chi connectivity index (χ3n) is 1.99. The third kappa shape index (κ3) is 4.30. The van der Waals surface area contributed by atoms with Crippen LogP contribution in [-0.2, 0) is 10.0 Å². The van der Waals surface area contributed by atoms with Gasteiger partial charge < -0.3 is 10.4 Å². The monoisotopic (exact) mass is 276 g/mol. The predicted molar refractivity (Wildman–Crippen MR) is 63.2 cm³/mol. The van der Waals surface area contributed by atoms with Crippen molar-refractivity contribution in [2.45, 2.75) is 0 Å². The van der Waals surface area contributed by atoms with Gasteiger partial charge in [0.1, 0.15) is 17.1 Å². The second-order valence-corrected chi connectivity index (χ2v) is 5.39. The highest BCUT2D eigenvalue weighted by Gasteiger charge is 2.15. The summed E-state index contributed by atoms with van der Waals surface area (Å²) >= 11 is 0. The van der Waals surface area contributed by atoms with Crippen LogP contribution in [0.15, 0.2) is 18.2 Å². The number of halogens is 1. The van der Waals surface area contributed by atoms with Crippen LogP contribution in [0.2, 0.25) is 0 Å². The first kappa shape index (κ1) is 14.4. The summed E-state index contributed by atoms with van der Waals surface area (Å²) in [6.07, 6.45) is 0.984. The molecule has 0 aromatic heterocycles. The number of carbonyl (C=O) groups excluding carboxylic acids is 1. The van der Waals surface area contributed by atoms with Crippen molar-refractivity contribution in [1.29, 1.82) is 0 Å². The molecule has 8 heteroatoms. The number of rotatable bonds is 5. The molecule has 0 heterocycles. The quantitative estimate of drug-likeness (QED) is 0.650. The van der Waals surface area contributed by atoms with Crippen LogP contribution in [0.1, 0.15) is 10.4 Å². The molecule has 18 heavy (non-hydrogen) atoms. The van der Waals surface area contributed by atoms with Gasteiger partial charge in [-0.2, -0.15) is 0 Å². The minimum absolute atomic E-state index is 0.0141. The minimum Gasteiger partial charge on any atom is -0.507 e. The van der Waals surface area contributed by atoms with E-state index in [0.717, 1.165) is 12.3 Å². The lowest BCUT2D eigenvalue weighted by atomic mass is 10.2. The molecular formula is C10H13FN2O4S. The Balaban J connectivity index is 2.56. The number of nitrogens with one attached hydrogen (secondary N) is 2. The summed E-state index contributed by atoms with van der Waals surface area (Å²) in [6, 6.07) is 3.50. The molecule has 100 valence electrons. The second-order valence-electron chi connectivity index (χ2n) is 3.56. The van der Waals surface area contributed by atoms with Gasteiger partial charge in [-0.1, -0.05) is 6.07 Å². The van der Waals surface area contributed by atoms with Gasteiger partial charge in [0, 0.05) is 13.1 Å². The summed E-state index contributed by atoms with van der Waals surface area (Å²) in [5, 5.41) is 11.6. The maximum Gasteiger partial charge on any atom is 0.258 e. The van der Waals surface area contributed by atoms with Crippen LogP contribution in [0.5, 0.6) is 5.75 Å². The SMILES string of the molecule is CS(=O)(=O)NCCNC(=O)c1c(O)cccc1F. The Bertz CT molecular complexity index is 525. The summed E-state index contributed by atoms with van der Waals surface area (Å²) in [7, 11) is -3.33. The van der Waals surface area contributed by atoms with E-state index in [2.05, 4.69) is 10.0 Å². The van der Waals surface area contributed by atoms with Crippen molar-refractivity contribution in [3.8, 4) is 5.75 Å². The normalized spacial score (nSPS) is 11.2. The van der Waals surface area contributed by atoms with Gasteiger partial charge in [-0.3, -0.25) is 4.79 Å². The highest BCUT2D eigenvalue weighted by Crippen LogP contribution is 2.19. The smallest absolute Gasteiger partial charge is 0.258 e. The number of benzene rings is 1. The first-order valence-corrected chi connectivity index (χ1v) is 6.90. The van der Waals surface area contributed by atoms with Crippen LogP contribution >= 0.6 is 0 Å². The zero-order valence-corrected chi connectivity index (χ0v) is 10.4. The average molecular weight is 276 g/mol.